The molecule has 1 aromatic heterocycles. The zero-order valence-electron chi connectivity index (χ0n) is 21.5. The number of fused-ring (bicyclic) bond motifs is 1. The molecule has 0 spiro atoms. The number of nitrogens with zero attached hydrogens (tertiary/aromatic N) is 2. The van der Waals surface area contributed by atoms with Gasteiger partial charge in [-0.15, -0.1) is 0 Å². The van der Waals surface area contributed by atoms with Crippen LogP contribution in [0, 0.1) is 0 Å². The number of rotatable bonds is 5. The summed E-state index contributed by atoms with van der Waals surface area (Å²) < 4.78 is 38.7. The number of aliphatic hydroxyl groups is 2. The van der Waals surface area contributed by atoms with Crippen LogP contribution in [0.5, 0.6) is 0 Å². The molecule has 2 aliphatic heterocycles. The summed E-state index contributed by atoms with van der Waals surface area (Å²) in [7, 11) is 0. The summed E-state index contributed by atoms with van der Waals surface area (Å²) in [4.78, 5) is 30.3. The van der Waals surface area contributed by atoms with Gasteiger partial charge in [0.25, 0.3) is 0 Å². The maximum Gasteiger partial charge on any atom is 0.416 e. The maximum atomic E-state index is 12.9. The van der Waals surface area contributed by atoms with Crippen molar-refractivity contribution in [2.24, 2.45) is 0 Å². The third kappa shape index (κ3) is 5.16. The number of piperidine rings is 2. The fourth-order valence-electron chi connectivity index (χ4n) is 5.75. The number of alkyl halides is 3. The Morgan fingerprint density at radius 2 is 1.85 bits per heavy atom. The van der Waals surface area contributed by atoms with Crippen molar-refractivity contribution in [3.8, 4) is 0 Å². The molecule has 2 amide bonds. The van der Waals surface area contributed by atoms with Gasteiger partial charge in [-0.05, 0) is 66.3 Å². The standard InChI is InChI=1S/C29H30F3N3O4/c1-2-27(38)17-35(16-18-3-5-21(6-4-18)29(30,31)32)12-11-28(27,39)22-7-9-24-19(14-22)13-20(15-33-24)23-8-10-25(36)34-26(23)37/h3-7,9,13-15,23,38-39H,2,8,10-12,16-17H2,1H3,(H,34,36,37). The van der Waals surface area contributed by atoms with Gasteiger partial charge in [0, 0.05) is 37.6 Å². The second-order valence-electron chi connectivity index (χ2n) is 10.6. The quantitative estimate of drug-likeness (QED) is 0.422. The first-order valence-electron chi connectivity index (χ1n) is 13.0. The fourth-order valence-corrected chi connectivity index (χ4v) is 5.75. The van der Waals surface area contributed by atoms with Crippen molar-refractivity contribution in [1.82, 2.24) is 15.2 Å². The Hall–Kier alpha value is -3.34. The zero-order chi connectivity index (χ0) is 28.0. The van der Waals surface area contributed by atoms with Crippen molar-refractivity contribution in [3.63, 3.8) is 0 Å². The fraction of sp³-hybridized carbons (Fsp3) is 0.414. The van der Waals surface area contributed by atoms with E-state index in [9.17, 15) is 33.0 Å². The van der Waals surface area contributed by atoms with Gasteiger partial charge < -0.3 is 10.2 Å². The van der Waals surface area contributed by atoms with Gasteiger partial charge in [-0.1, -0.05) is 25.1 Å². The SMILES string of the molecule is CCC1(O)CN(Cc2ccc(C(F)(F)F)cc2)CCC1(O)c1ccc2ncc(C3CCC(=O)NC3=O)cc2c1. The molecule has 0 radical (unpaired) electrons. The molecule has 2 fully saturated rings. The highest BCUT2D eigenvalue weighted by molar-refractivity contribution is 6.01. The van der Waals surface area contributed by atoms with E-state index in [0.717, 1.165) is 12.1 Å². The van der Waals surface area contributed by atoms with Crippen LogP contribution in [-0.2, 0) is 27.9 Å². The number of hydrogen-bond donors (Lipinski definition) is 3. The second kappa shape index (κ2) is 10.0. The van der Waals surface area contributed by atoms with Crippen LogP contribution in [0.25, 0.3) is 10.9 Å². The van der Waals surface area contributed by atoms with Crippen molar-refractivity contribution >= 4 is 22.7 Å². The van der Waals surface area contributed by atoms with E-state index in [-0.39, 0.29) is 37.6 Å². The molecule has 3 heterocycles. The summed E-state index contributed by atoms with van der Waals surface area (Å²) >= 11 is 0. The van der Waals surface area contributed by atoms with Crippen LogP contribution in [0.15, 0.2) is 54.7 Å². The van der Waals surface area contributed by atoms with Gasteiger partial charge >= 0.3 is 6.18 Å². The largest absolute Gasteiger partial charge is 0.416 e. The third-order valence-corrected chi connectivity index (χ3v) is 8.14. The van der Waals surface area contributed by atoms with Crippen molar-refractivity contribution in [2.45, 2.75) is 62.4 Å². The number of imide groups is 1. The van der Waals surface area contributed by atoms with Gasteiger partial charge in [-0.25, -0.2) is 0 Å². The molecule has 10 heteroatoms. The summed E-state index contributed by atoms with van der Waals surface area (Å²) in [6, 6.07) is 12.1. The number of carbonyl (C=O) groups excluding carboxylic acids is 2. The van der Waals surface area contributed by atoms with Gasteiger partial charge in [0.2, 0.25) is 11.8 Å². The van der Waals surface area contributed by atoms with Crippen molar-refractivity contribution in [2.75, 3.05) is 13.1 Å². The van der Waals surface area contributed by atoms with Crippen LogP contribution in [0.3, 0.4) is 0 Å². The normalized spacial score (nSPS) is 26.6. The van der Waals surface area contributed by atoms with Crippen molar-refractivity contribution < 1.29 is 33.0 Å². The lowest BCUT2D eigenvalue weighted by Crippen LogP contribution is -2.62. The third-order valence-electron chi connectivity index (χ3n) is 8.14. The van der Waals surface area contributed by atoms with Gasteiger partial charge in [0.1, 0.15) is 11.2 Å². The van der Waals surface area contributed by atoms with Crippen molar-refractivity contribution in [1.29, 1.82) is 0 Å². The average molecular weight is 542 g/mol. The Morgan fingerprint density at radius 1 is 1.10 bits per heavy atom. The van der Waals surface area contributed by atoms with Crippen LogP contribution >= 0.6 is 0 Å². The van der Waals surface area contributed by atoms with E-state index in [1.54, 1.807) is 31.3 Å². The molecule has 39 heavy (non-hydrogen) atoms. The predicted octanol–water partition coefficient (Wildman–Crippen LogP) is 4.01. The van der Waals surface area contributed by atoms with E-state index in [1.807, 2.05) is 11.0 Å². The number of aromatic nitrogens is 1. The molecule has 2 saturated heterocycles. The van der Waals surface area contributed by atoms with E-state index in [2.05, 4.69) is 10.3 Å². The first-order chi connectivity index (χ1) is 18.4. The van der Waals surface area contributed by atoms with Crippen LogP contribution in [0.2, 0.25) is 0 Å². The molecule has 206 valence electrons. The van der Waals surface area contributed by atoms with Gasteiger partial charge in [-0.3, -0.25) is 24.8 Å². The van der Waals surface area contributed by atoms with E-state index >= 15 is 0 Å². The van der Waals surface area contributed by atoms with Crippen LogP contribution in [0.4, 0.5) is 13.2 Å². The van der Waals surface area contributed by atoms with Crippen molar-refractivity contribution in [3.05, 3.63) is 77.0 Å². The predicted molar refractivity (Wildman–Crippen MR) is 137 cm³/mol. The molecule has 3 N–H and O–H groups in total. The number of carbonyl (C=O) groups is 2. The molecule has 0 bridgehead atoms. The number of hydrogen-bond acceptors (Lipinski definition) is 6. The number of pyridine rings is 1. The van der Waals surface area contributed by atoms with E-state index in [0.29, 0.717) is 47.1 Å². The van der Waals surface area contributed by atoms with Gasteiger partial charge in [0.15, 0.2) is 0 Å². The molecule has 3 unspecified atom stereocenters. The van der Waals surface area contributed by atoms with Gasteiger partial charge in [-0.2, -0.15) is 13.2 Å². The molecule has 2 aliphatic rings. The Balaban J connectivity index is 1.38. The summed E-state index contributed by atoms with van der Waals surface area (Å²) in [5.74, 6) is -1.15. The first-order valence-corrected chi connectivity index (χ1v) is 13.0. The smallest absolute Gasteiger partial charge is 0.385 e. The summed E-state index contributed by atoms with van der Waals surface area (Å²) in [5.41, 5.74) is -1.25. The zero-order valence-corrected chi connectivity index (χ0v) is 21.5. The molecule has 0 saturated carbocycles. The highest BCUT2D eigenvalue weighted by Gasteiger charge is 2.52. The Labute approximate surface area is 223 Å². The highest BCUT2D eigenvalue weighted by Crippen LogP contribution is 2.43. The highest BCUT2D eigenvalue weighted by atomic mass is 19.4. The maximum absolute atomic E-state index is 12.9. The number of likely N-dealkylation sites (tertiary alicyclic amines) is 1. The lowest BCUT2D eigenvalue weighted by molar-refractivity contribution is -0.199. The molecule has 5 rings (SSSR count). The Morgan fingerprint density at radius 3 is 2.51 bits per heavy atom. The number of amides is 2. The molecule has 3 aromatic rings. The number of nitrogens with one attached hydrogen (secondary N) is 1. The molecule has 2 aromatic carbocycles. The average Bonchev–Trinajstić information content (AvgIpc) is 2.90. The number of halogens is 3. The minimum Gasteiger partial charge on any atom is -0.385 e. The van der Waals surface area contributed by atoms with Crippen LogP contribution < -0.4 is 5.32 Å². The molecular weight excluding hydrogens is 511 g/mol. The minimum absolute atomic E-state index is 0.133. The number of benzene rings is 2. The topological polar surface area (TPSA) is 103 Å². The second-order valence-corrected chi connectivity index (χ2v) is 10.6. The Bertz CT molecular complexity index is 1410. The summed E-state index contributed by atoms with van der Waals surface area (Å²) in [6.07, 6.45) is -1.67. The molecule has 0 aliphatic carbocycles. The van der Waals surface area contributed by atoms with E-state index < -0.39 is 28.9 Å². The van der Waals surface area contributed by atoms with Crippen LogP contribution in [-0.4, -0.2) is 50.6 Å². The summed E-state index contributed by atoms with van der Waals surface area (Å²) in [5, 5.41) is 26.7. The van der Waals surface area contributed by atoms with Gasteiger partial charge in [0.05, 0.1) is 17.0 Å². The molecular formula is C29H30F3N3O4. The first kappa shape index (κ1) is 27.2. The number of β-amino-alcohol motifs (C(OH)–C–C–N with tert-alkyl or cyclic N) is 1. The lowest BCUT2D eigenvalue weighted by Gasteiger charge is -2.50. The van der Waals surface area contributed by atoms with E-state index in [4.69, 9.17) is 0 Å². The van der Waals surface area contributed by atoms with Crippen LogP contribution in [0.1, 0.15) is 60.8 Å². The molecule has 7 nitrogen and oxygen atoms in total. The minimum atomic E-state index is -4.40. The summed E-state index contributed by atoms with van der Waals surface area (Å²) in [6.45, 7) is 2.68. The Kier molecular flexibility index (Phi) is 6.98. The monoisotopic (exact) mass is 541 g/mol. The van der Waals surface area contributed by atoms with E-state index in [1.165, 1.54) is 12.1 Å². The molecule has 3 atom stereocenters. The lowest BCUT2D eigenvalue weighted by atomic mass is 9.70.